The number of carbonyl (C=O) groups excluding carboxylic acids is 1. The second-order valence-electron chi connectivity index (χ2n) is 2.44. The molecule has 5 heteroatoms. The van der Waals surface area contributed by atoms with E-state index in [0.717, 1.165) is 5.06 Å². The van der Waals surface area contributed by atoms with Crippen LogP contribution in [0, 0.1) is 0 Å². The Labute approximate surface area is 63.2 Å². The van der Waals surface area contributed by atoms with E-state index in [9.17, 15) is 4.79 Å². The molecule has 0 radical (unpaired) electrons. The van der Waals surface area contributed by atoms with Crippen LogP contribution in [0.1, 0.15) is 0 Å². The van der Waals surface area contributed by atoms with Gasteiger partial charge in [0.05, 0.1) is 6.21 Å². The number of amides is 1. The van der Waals surface area contributed by atoms with Crippen LogP contribution in [0.15, 0.2) is 17.4 Å². The van der Waals surface area contributed by atoms with Gasteiger partial charge < -0.3 is 4.90 Å². The molecule has 5 nitrogen and oxygen atoms in total. The highest BCUT2D eigenvalue weighted by Crippen LogP contribution is 2.14. The maximum Gasteiger partial charge on any atom is 0.265 e. The molecule has 1 N–H and O–H groups in total. The molecule has 2 aliphatic rings. The van der Waals surface area contributed by atoms with Crippen LogP contribution in [0.2, 0.25) is 0 Å². The fourth-order valence-corrected chi connectivity index (χ4v) is 1.13. The Morgan fingerprint density at radius 2 is 2.45 bits per heavy atom. The lowest BCUT2D eigenvalue weighted by atomic mass is 10.4. The average molecular weight is 153 g/mol. The highest BCUT2D eigenvalue weighted by atomic mass is 16.5. The van der Waals surface area contributed by atoms with Crippen molar-refractivity contribution in [3.05, 3.63) is 12.4 Å². The molecule has 0 aromatic carbocycles. The Balaban J connectivity index is 2.24. The predicted molar refractivity (Wildman–Crippen MR) is 36.8 cm³/mol. The Morgan fingerprint density at radius 1 is 1.64 bits per heavy atom. The molecule has 2 rings (SSSR count). The van der Waals surface area contributed by atoms with Crippen molar-refractivity contribution in [2.45, 2.75) is 6.17 Å². The van der Waals surface area contributed by atoms with Crippen LogP contribution in [0.4, 0.5) is 0 Å². The monoisotopic (exact) mass is 153 g/mol. The Kier molecular flexibility index (Phi) is 1.19. The third-order valence-electron chi connectivity index (χ3n) is 1.69. The first-order chi connectivity index (χ1) is 5.27. The smallest absolute Gasteiger partial charge is 0.265 e. The summed E-state index contributed by atoms with van der Waals surface area (Å²) in [6.45, 7) is 0.245. The number of fused-ring (bicyclic) bond motifs is 1. The van der Waals surface area contributed by atoms with Gasteiger partial charge >= 0.3 is 0 Å². The lowest BCUT2D eigenvalue weighted by molar-refractivity contribution is -0.122. The van der Waals surface area contributed by atoms with Crippen LogP contribution in [0.3, 0.4) is 0 Å². The minimum absolute atomic E-state index is 0.179. The van der Waals surface area contributed by atoms with Gasteiger partial charge in [0, 0.05) is 12.4 Å². The summed E-state index contributed by atoms with van der Waals surface area (Å²) in [7, 11) is 0. The molecule has 1 amide bonds. The summed E-state index contributed by atoms with van der Waals surface area (Å²) in [4.78, 5) is 16.0. The fraction of sp³-hybridized carbons (Fsp3) is 0.333. The van der Waals surface area contributed by atoms with Gasteiger partial charge in [-0.05, 0) is 0 Å². The third-order valence-corrected chi connectivity index (χ3v) is 1.69. The molecular formula is C6H7N3O2. The lowest BCUT2D eigenvalue weighted by Crippen LogP contribution is -2.43. The van der Waals surface area contributed by atoms with E-state index >= 15 is 0 Å². The van der Waals surface area contributed by atoms with Gasteiger partial charge in [-0.2, -0.15) is 0 Å². The number of hydroxylamine groups is 2. The van der Waals surface area contributed by atoms with Gasteiger partial charge in [-0.25, -0.2) is 10.1 Å². The molecule has 0 bridgehead atoms. The summed E-state index contributed by atoms with van der Waals surface area (Å²) in [6, 6.07) is 0. The summed E-state index contributed by atoms with van der Waals surface area (Å²) in [5.41, 5.74) is 0. The molecule has 0 aromatic heterocycles. The first-order valence-electron chi connectivity index (χ1n) is 3.26. The van der Waals surface area contributed by atoms with E-state index in [1.807, 2.05) is 0 Å². The maximum absolute atomic E-state index is 10.7. The quantitative estimate of drug-likeness (QED) is 0.505. The zero-order valence-electron chi connectivity index (χ0n) is 5.71. The van der Waals surface area contributed by atoms with Crippen LogP contribution in [0.25, 0.3) is 0 Å². The summed E-state index contributed by atoms with van der Waals surface area (Å²) in [5.74, 6) is -0.179. The molecule has 2 heterocycles. The standard InChI is InChI=1S/C6H7N3O2/c10-5-4-8-1-2-9(11)6(8)3-7-5/h1-3,6,11H,4H2. The molecular weight excluding hydrogens is 146 g/mol. The first kappa shape index (κ1) is 6.36. The van der Waals surface area contributed by atoms with E-state index in [4.69, 9.17) is 5.21 Å². The van der Waals surface area contributed by atoms with Crippen molar-refractivity contribution < 1.29 is 10.0 Å². The minimum Gasteiger partial charge on any atom is -0.340 e. The number of rotatable bonds is 0. The predicted octanol–water partition coefficient (Wildman–Crippen LogP) is -0.599. The zero-order valence-corrected chi connectivity index (χ0v) is 5.71. The topological polar surface area (TPSA) is 56.1 Å². The summed E-state index contributed by atoms with van der Waals surface area (Å²) < 4.78 is 0. The molecule has 0 saturated heterocycles. The fourth-order valence-electron chi connectivity index (χ4n) is 1.13. The second kappa shape index (κ2) is 2.06. The summed E-state index contributed by atoms with van der Waals surface area (Å²) in [5, 5.41) is 10.1. The highest BCUT2D eigenvalue weighted by molar-refractivity contribution is 5.90. The van der Waals surface area contributed by atoms with Gasteiger partial charge in [-0.15, -0.1) is 0 Å². The van der Waals surface area contributed by atoms with Crippen LogP contribution in [-0.4, -0.2) is 40.0 Å². The molecule has 0 saturated carbocycles. The molecule has 0 spiro atoms. The van der Waals surface area contributed by atoms with Crippen molar-refractivity contribution in [3.63, 3.8) is 0 Å². The molecule has 0 aromatic rings. The number of aliphatic imine (C=N–C) groups is 1. The largest absolute Gasteiger partial charge is 0.340 e. The van der Waals surface area contributed by atoms with E-state index in [1.54, 1.807) is 11.1 Å². The Hall–Kier alpha value is -1.36. The highest BCUT2D eigenvalue weighted by Gasteiger charge is 2.28. The lowest BCUT2D eigenvalue weighted by Gasteiger charge is -2.26. The SMILES string of the molecule is O=C1CN2C=CN(O)C2C=N1. The van der Waals surface area contributed by atoms with Crippen molar-refractivity contribution >= 4 is 12.1 Å². The number of carbonyl (C=O) groups is 1. The van der Waals surface area contributed by atoms with Gasteiger partial charge in [0.1, 0.15) is 6.54 Å². The van der Waals surface area contributed by atoms with Gasteiger partial charge in [0.15, 0.2) is 6.17 Å². The third kappa shape index (κ3) is 0.894. The van der Waals surface area contributed by atoms with E-state index in [1.165, 1.54) is 12.4 Å². The van der Waals surface area contributed by atoms with E-state index < -0.39 is 0 Å². The first-order valence-corrected chi connectivity index (χ1v) is 3.26. The Bertz CT molecular complexity index is 248. The normalized spacial score (nSPS) is 28.1. The Morgan fingerprint density at radius 3 is 3.27 bits per heavy atom. The van der Waals surface area contributed by atoms with Gasteiger partial charge in [-0.3, -0.25) is 10.0 Å². The number of hydrogen-bond acceptors (Lipinski definition) is 4. The molecule has 2 aliphatic heterocycles. The van der Waals surface area contributed by atoms with Gasteiger partial charge in [-0.1, -0.05) is 0 Å². The minimum atomic E-state index is -0.285. The van der Waals surface area contributed by atoms with Gasteiger partial charge in [0.2, 0.25) is 0 Å². The molecule has 1 unspecified atom stereocenters. The van der Waals surface area contributed by atoms with E-state index in [2.05, 4.69) is 4.99 Å². The number of nitrogens with zero attached hydrogens (tertiary/aromatic N) is 3. The van der Waals surface area contributed by atoms with Crippen molar-refractivity contribution in [3.8, 4) is 0 Å². The van der Waals surface area contributed by atoms with Crippen molar-refractivity contribution in [2.24, 2.45) is 4.99 Å². The van der Waals surface area contributed by atoms with Crippen LogP contribution >= 0.6 is 0 Å². The summed E-state index contributed by atoms with van der Waals surface area (Å²) in [6.07, 6.45) is 4.29. The molecule has 58 valence electrons. The van der Waals surface area contributed by atoms with Gasteiger partial charge in [0.25, 0.3) is 5.91 Å². The maximum atomic E-state index is 10.7. The van der Waals surface area contributed by atoms with E-state index in [-0.39, 0.29) is 18.6 Å². The molecule has 11 heavy (non-hydrogen) atoms. The molecule has 0 aliphatic carbocycles. The van der Waals surface area contributed by atoms with Crippen molar-refractivity contribution in [1.82, 2.24) is 9.96 Å². The zero-order chi connectivity index (χ0) is 7.84. The second-order valence-corrected chi connectivity index (χ2v) is 2.44. The van der Waals surface area contributed by atoms with Crippen LogP contribution in [-0.2, 0) is 4.79 Å². The van der Waals surface area contributed by atoms with E-state index in [0.29, 0.717) is 0 Å². The van der Waals surface area contributed by atoms with Crippen LogP contribution < -0.4 is 0 Å². The number of hydrogen-bond donors (Lipinski definition) is 1. The van der Waals surface area contributed by atoms with Crippen LogP contribution in [0.5, 0.6) is 0 Å². The average Bonchev–Trinajstić information content (AvgIpc) is 2.32. The summed E-state index contributed by atoms with van der Waals surface area (Å²) >= 11 is 0. The molecule has 1 atom stereocenters. The van der Waals surface area contributed by atoms with Crippen molar-refractivity contribution in [2.75, 3.05) is 6.54 Å². The van der Waals surface area contributed by atoms with Crippen molar-refractivity contribution in [1.29, 1.82) is 0 Å². The molecule has 0 fully saturated rings.